The first-order valence-corrected chi connectivity index (χ1v) is 4.07. The van der Waals surface area contributed by atoms with Gasteiger partial charge in [0.25, 0.3) is 0 Å². The van der Waals surface area contributed by atoms with Crippen molar-refractivity contribution in [2.24, 2.45) is 0 Å². The van der Waals surface area contributed by atoms with Gasteiger partial charge in [-0.1, -0.05) is 0 Å². The minimum atomic E-state index is -0.796. The molecular weight excluding hydrogens is 129 g/mol. The molecule has 0 rings (SSSR count). The predicted molar refractivity (Wildman–Crippen MR) is 32.9 cm³/mol. The maximum Gasteiger partial charge on any atom is 0.140 e. The standard InChI is InChI=1S/C4H10FNOS/c1-8(7)3-2-6-4-5/h6H,2-4H2,1H3. The molecule has 4 heteroatoms. The van der Waals surface area contributed by atoms with Crippen LogP contribution in [0.25, 0.3) is 0 Å². The van der Waals surface area contributed by atoms with E-state index < -0.39 is 17.6 Å². The van der Waals surface area contributed by atoms with E-state index in [0.29, 0.717) is 12.3 Å². The van der Waals surface area contributed by atoms with Gasteiger partial charge in [-0.2, -0.15) is 0 Å². The van der Waals surface area contributed by atoms with Gasteiger partial charge >= 0.3 is 0 Å². The molecule has 1 atom stereocenters. The zero-order valence-electron chi connectivity index (χ0n) is 4.82. The van der Waals surface area contributed by atoms with Crippen LogP contribution in [0, 0.1) is 0 Å². The van der Waals surface area contributed by atoms with Gasteiger partial charge in [-0.25, -0.2) is 4.39 Å². The van der Waals surface area contributed by atoms with Gasteiger partial charge < -0.3 is 0 Å². The van der Waals surface area contributed by atoms with Gasteiger partial charge in [-0.15, -0.1) is 0 Å². The van der Waals surface area contributed by atoms with Crippen molar-refractivity contribution in [2.75, 3.05) is 25.4 Å². The average molecular weight is 139 g/mol. The minimum Gasteiger partial charge on any atom is -0.289 e. The topological polar surface area (TPSA) is 29.1 Å². The van der Waals surface area contributed by atoms with Crippen LogP contribution in [0.15, 0.2) is 0 Å². The number of nitrogens with one attached hydrogen (secondary N) is 1. The Balaban J connectivity index is 2.82. The van der Waals surface area contributed by atoms with Crippen LogP contribution in [-0.4, -0.2) is 29.6 Å². The molecule has 0 radical (unpaired) electrons. The molecule has 0 aromatic carbocycles. The summed E-state index contributed by atoms with van der Waals surface area (Å²) in [5, 5.41) is 2.42. The van der Waals surface area contributed by atoms with Crippen molar-refractivity contribution in [3.8, 4) is 0 Å². The molecule has 0 aliphatic heterocycles. The lowest BCUT2D eigenvalue weighted by Gasteiger charge is -1.93. The monoisotopic (exact) mass is 139 g/mol. The van der Waals surface area contributed by atoms with E-state index in [2.05, 4.69) is 5.32 Å². The fraction of sp³-hybridized carbons (Fsp3) is 1.00. The van der Waals surface area contributed by atoms with Gasteiger partial charge in [0, 0.05) is 29.4 Å². The molecule has 0 aromatic rings. The van der Waals surface area contributed by atoms with Crippen molar-refractivity contribution >= 4 is 10.8 Å². The van der Waals surface area contributed by atoms with Crippen LogP contribution in [0.4, 0.5) is 4.39 Å². The van der Waals surface area contributed by atoms with E-state index in [9.17, 15) is 8.60 Å². The van der Waals surface area contributed by atoms with E-state index in [1.54, 1.807) is 6.26 Å². The van der Waals surface area contributed by atoms with Crippen LogP contribution in [-0.2, 0) is 10.8 Å². The Hall–Kier alpha value is 0.0400. The molecule has 8 heavy (non-hydrogen) atoms. The molecule has 1 N–H and O–H groups in total. The quantitative estimate of drug-likeness (QED) is 0.434. The predicted octanol–water partition coefficient (Wildman–Crippen LogP) is -0.119. The second-order valence-electron chi connectivity index (χ2n) is 1.41. The van der Waals surface area contributed by atoms with Gasteiger partial charge in [0.05, 0.1) is 0 Å². The van der Waals surface area contributed by atoms with Crippen molar-refractivity contribution < 1.29 is 8.60 Å². The van der Waals surface area contributed by atoms with Crippen LogP contribution in [0.1, 0.15) is 0 Å². The van der Waals surface area contributed by atoms with Crippen LogP contribution in [0.2, 0.25) is 0 Å². The summed E-state index contributed by atoms with van der Waals surface area (Å²) in [5.74, 6) is 0.532. The lowest BCUT2D eigenvalue weighted by molar-refractivity contribution is 0.435. The SMILES string of the molecule is CS(=O)CCNCF. The Morgan fingerprint density at radius 2 is 2.38 bits per heavy atom. The van der Waals surface area contributed by atoms with E-state index in [4.69, 9.17) is 0 Å². The van der Waals surface area contributed by atoms with E-state index >= 15 is 0 Å². The third-order valence-electron chi connectivity index (χ3n) is 0.661. The normalized spacial score (nSPS) is 13.8. The van der Waals surface area contributed by atoms with Crippen LogP contribution in [0.5, 0.6) is 0 Å². The summed E-state index contributed by atoms with van der Waals surface area (Å²) in [5.41, 5.74) is 0. The molecule has 0 amide bonds. The summed E-state index contributed by atoms with van der Waals surface area (Å²) in [6, 6.07) is 0. The van der Waals surface area contributed by atoms with E-state index in [1.807, 2.05) is 0 Å². The molecule has 0 bridgehead atoms. The highest BCUT2D eigenvalue weighted by Gasteiger charge is 1.87. The van der Waals surface area contributed by atoms with Crippen molar-refractivity contribution in [2.45, 2.75) is 0 Å². The van der Waals surface area contributed by atoms with Crippen molar-refractivity contribution in [3.05, 3.63) is 0 Å². The largest absolute Gasteiger partial charge is 0.289 e. The zero-order chi connectivity index (χ0) is 6.41. The van der Waals surface area contributed by atoms with Crippen molar-refractivity contribution in [1.82, 2.24) is 5.32 Å². The second-order valence-corrected chi connectivity index (χ2v) is 2.97. The fourth-order valence-corrected chi connectivity index (χ4v) is 0.715. The highest BCUT2D eigenvalue weighted by Crippen LogP contribution is 1.70. The molecule has 0 aliphatic rings. The van der Waals surface area contributed by atoms with Crippen LogP contribution >= 0.6 is 0 Å². The minimum absolute atomic E-state index is 0.500. The van der Waals surface area contributed by atoms with Gasteiger partial charge in [0.15, 0.2) is 0 Å². The highest BCUT2D eigenvalue weighted by molar-refractivity contribution is 7.84. The number of alkyl halides is 1. The maximum atomic E-state index is 11.2. The first-order valence-electron chi connectivity index (χ1n) is 2.34. The van der Waals surface area contributed by atoms with E-state index in [1.165, 1.54) is 0 Å². The first-order chi connectivity index (χ1) is 3.77. The smallest absolute Gasteiger partial charge is 0.140 e. The molecule has 0 spiro atoms. The van der Waals surface area contributed by atoms with Crippen molar-refractivity contribution in [1.29, 1.82) is 0 Å². The lowest BCUT2D eigenvalue weighted by atomic mass is 10.8. The molecule has 0 aliphatic carbocycles. The molecule has 0 heterocycles. The summed E-state index contributed by atoms with van der Waals surface area (Å²) < 4.78 is 21.5. The number of hydrogen-bond acceptors (Lipinski definition) is 2. The summed E-state index contributed by atoms with van der Waals surface area (Å²) in [4.78, 5) is 0. The molecule has 1 unspecified atom stereocenters. The number of rotatable bonds is 4. The molecule has 0 fully saturated rings. The van der Waals surface area contributed by atoms with Gasteiger partial charge in [0.1, 0.15) is 6.80 Å². The van der Waals surface area contributed by atoms with Crippen LogP contribution < -0.4 is 5.32 Å². The second kappa shape index (κ2) is 5.18. The highest BCUT2D eigenvalue weighted by atomic mass is 32.2. The third kappa shape index (κ3) is 6.04. The van der Waals surface area contributed by atoms with Gasteiger partial charge in [-0.05, 0) is 0 Å². The van der Waals surface area contributed by atoms with E-state index in [-0.39, 0.29) is 0 Å². The lowest BCUT2D eigenvalue weighted by Crippen LogP contribution is -2.18. The molecule has 0 saturated heterocycles. The Labute approximate surface area is 50.9 Å². The van der Waals surface area contributed by atoms with Crippen molar-refractivity contribution in [3.63, 3.8) is 0 Å². The molecule has 0 aromatic heterocycles. The zero-order valence-corrected chi connectivity index (χ0v) is 5.63. The summed E-state index contributed by atoms with van der Waals surface area (Å²) in [6.45, 7) is -0.0309. The summed E-state index contributed by atoms with van der Waals surface area (Å²) in [6.07, 6.45) is 1.60. The van der Waals surface area contributed by atoms with Crippen LogP contribution in [0.3, 0.4) is 0 Å². The number of hydrogen-bond donors (Lipinski definition) is 1. The van der Waals surface area contributed by atoms with Gasteiger partial charge in [-0.3, -0.25) is 9.53 Å². The third-order valence-corrected chi connectivity index (χ3v) is 1.44. The molecular formula is C4H10FNOS. The Bertz CT molecular complexity index is 78.4. The first kappa shape index (κ1) is 8.04. The maximum absolute atomic E-state index is 11.2. The Kier molecular flexibility index (Phi) is 5.21. The molecule has 50 valence electrons. The molecule has 0 saturated carbocycles. The average Bonchev–Trinajstić information content (AvgIpc) is 1.66. The van der Waals surface area contributed by atoms with Gasteiger partial charge in [0.2, 0.25) is 0 Å². The number of halogens is 1. The fourth-order valence-electron chi connectivity index (χ4n) is 0.283. The Morgan fingerprint density at radius 3 is 2.75 bits per heavy atom. The Morgan fingerprint density at radius 1 is 1.75 bits per heavy atom. The summed E-state index contributed by atoms with van der Waals surface area (Å²) >= 11 is 0. The summed E-state index contributed by atoms with van der Waals surface area (Å²) in [7, 11) is -0.796. The molecule has 2 nitrogen and oxygen atoms in total. The van der Waals surface area contributed by atoms with E-state index in [0.717, 1.165) is 0 Å².